The zero-order valence-electron chi connectivity index (χ0n) is 20.3. The summed E-state index contributed by atoms with van der Waals surface area (Å²) in [6.45, 7) is 5.75. The zero-order chi connectivity index (χ0) is 24.7. The number of aryl methyl sites for hydroxylation is 2. The Bertz CT molecular complexity index is 1120. The van der Waals surface area contributed by atoms with Crippen molar-refractivity contribution in [1.29, 1.82) is 0 Å². The van der Waals surface area contributed by atoms with E-state index >= 15 is 0 Å². The monoisotopic (exact) mass is 487 g/mol. The van der Waals surface area contributed by atoms with E-state index in [4.69, 9.17) is 9.47 Å². The minimum Gasteiger partial charge on any atom is -0.497 e. The molecule has 2 aromatic rings. The summed E-state index contributed by atoms with van der Waals surface area (Å²) in [5.41, 5.74) is 3.37. The third-order valence-electron chi connectivity index (χ3n) is 5.65. The van der Waals surface area contributed by atoms with Crippen LogP contribution < -0.4 is 10.1 Å². The Morgan fingerprint density at radius 2 is 1.82 bits per heavy atom. The standard InChI is InChI=1S/C25H33N3O5S/c1-18-14-22(32-4)15-19(2)24(18)34(30,31)13-5-12-33-17-23(29)28(3)16-20-6-8-21(9-7-20)25-26-10-11-27-25/h6-9,14-15H,5,10-13,16-17H2,1-4H3,(H,26,27). The van der Waals surface area contributed by atoms with Gasteiger partial charge < -0.3 is 19.7 Å². The predicted molar refractivity (Wildman–Crippen MR) is 132 cm³/mol. The van der Waals surface area contributed by atoms with E-state index in [9.17, 15) is 13.2 Å². The summed E-state index contributed by atoms with van der Waals surface area (Å²) in [7, 11) is -0.180. The first-order valence-corrected chi connectivity index (χ1v) is 12.9. The summed E-state index contributed by atoms with van der Waals surface area (Å²) in [6.07, 6.45) is 0.309. The van der Waals surface area contributed by atoms with Crippen LogP contribution in [0.5, 0.6) is 5.75 Å². The molecule has 1 aliphatic heterocycles. The van der Waals surface area contributed by atoms with Gasteiger partial charge in [-0.3, -0.25) is 9.79 Å². The lowest BCUT2D eigenvalue weighted by Gasteiger charge is -2.18. The molecule has 0 saturated carbocycles. The van der Waals surface area contributed by atoms with E-state index < -0.39 is 9.84 Å². The average molecular weight is 488 g/mol. The number of amides is 1. The average Bonchev–Trinajstić information content (AvgIpc) is 3.33. The summed E-state index contributed by atoms with van der Waals surface area (Å²) in [6, 6.07) is 11.4. The number of carbonyl (C=O) groups is 1. The second-order valence-electron chi connectivity index (χ2n) is 8.42. The van der Waals surface area contributed by atoms with Crippen LogP contribution in [-0.4, -0.2) is 71.3 Å². The van der Waals surface area contributed by atoms with Gasteiger partial charge in [0.05, 0.1) is 24.3 Å². The number of ether oxygens (including phenoxy) is 2. The zero-order valence-corrected chi connectivity index (χ0v) is 21.1. The summed E-state index contributed by atoms with van der Waals surface area (Å²) in [5, 5.41) is 3.24. The van der Waals surface area contributed by atoms with Crippen LogP contribution in [0.2, 0.25) is 0 Å². The number of hydrogen-bond acceptors (Lipinski definition) is 7. The first-order valence-electron chi connectivity index (χ1n) is 11.3. The maximum atomic E-state index is 12.8. The Balaban J connectivity index is 1.42. The van der Waals surface area contributed by atoms with E-state index in [0.717, 1.165) is 30.1 Å². The van der Waals surface area contributed by atoms with Crippen LogP contribution in [0.25, 0.3) is 0 Å². The number of sulfone groups is 1. The second kappa shape index (κ2) is 11.5. The van der Waals surface area contributed by atoms with Crippen molar-refractivity contribution in [3.63, 3.8) is 0 Å². The van der Waals surface area contributed by atoms with Crippen LogP contribution in [0.1, 0.15) is 28.7 Å². The Morgan fingerprint density at radius 1 is 1.15 bits per heavy atom. The summed E-state index contributed by atoms with van der Waals surface area (Å²) in [5.74, 6) is 1.34. The van der Waals surface area contributed by atoms with Crippen LogP contribution in [0.4, 0.5) is 0 Å². The molecule has 1 heterocycles. The van der Waals surface area contributed by atoms with Crippen molar-refractivity contribution < 1.29 is 22.7 Å². The number of rotatable bonds is 11. The van der Waals surface area contributed by atoms with Gasteiger partial charge in [0.1, 0.15) is 18.2 Å². The lowest BCUT2D eigenvalue weighted by atomic mass is 10.1. The van der Waals surface area contributed by atoms with E-state index in [-0.39, 0.29) is 24.9 Å². The minimum absolute atomic E-state index is 0.0441. The van der Waals surface area contributed by atoms with Crippen molar-refractivity contribution >= 4 is 21.6 Å². The number of nitrogens with one attached hydrogen (secondary N) is 1. The van der Waals surface area contributed by atoms with Crippen LogP contribution in [0.3, 0.4) is 0 Å². The van der Waals surface area contributed by atoms with Crippen molar-refractivity contribution in [3.05, 3.63) is 58.7 Å². The van der Waals surface area contributed by atoms with Gasteiger partial charge in [-0.2, -0.15) is 0 Å². The highest BCUT2D eigenvalue weighted by molar-refractivity contribution is 7.91. The molecule has 1 N–H and O–H groups in total. The van der Waals surface area contributed by atoms with Gasteiger partial charge in [0, 0.05) is 32.3 Å². The molecule has 0 aliphatic carbocycles. The maximum Gasteiger partial charge on any atom is 0.248 e. The van der Waals surface area contributed by atoms with Gasteiger partial charge in [0.2, 0.25) is 5.91 Å². The molecule has 1 aliphatic rings. The first kappa shape index (κ1) is 25.7. The molecule has 0 radical (unpaired) electrons. The number of likely N-dealkylation sites (N-methyl/N-ethyl adjacent to an activating group) is 1. The van der Waals surface area contributed by atoms with Gasteiger partial charge >= 0.3 is 0 Å². The van der Waals surface area contributed by atoms with Crippen LogP contribution in [0.15, 0.2) is 46.3 Å². The van der Waals surface area contributed by atoms with Crippen molar-refractivity contribution in [2.24, 2.45) is 4.99 Å². The molecule has 0 unspecified atom stereocenters. The van der Waals surface area contributed by atoms with Gasteiger partial charge in [0.15, 0.2) is 9.84 Å². The van der Waals surface area contributed by atoms with Crippen molar-refractivity contribution in [3.8, 4) is 5.75 Å². The van der Waals surface area contributed by atoms with Crippen molar-refractivity contribution in [1.82, 2.24) is 10.2 Å². The fourth-order valence-electron chi connectivity index (χ4n) is 3.96. The lowest BCUT2D eigenvalue weighted by Crippen LogP contribution is -2.30. The summed E-state index contributed by atoms with van der Waals surface area (Å²) in [4.78, 5) is 18.7. The number of amidine groups is 1. The smallest absolute Gasteiger partial charge is 0.248 e. The van der Waals surface area contributed by atoms with Crippen molar-refractivity contribution in [2.75, 3.05) is 46.2 Å². The maximum absolute atomic E-state index is 12.8. The highest BCUT2D eigenvalue weighted by atomic mass is 32.2. The quantitative estimate of drug-likeness (QED) is 0.489. The molecule has 0 fully saturated rings. The molecule has 0 spiro atoms. The van der Waals surface area contributed by atoms with Gasteiger partial charge in [-0.05, 0) is 49.1 Å². The number of hydrogen-bond donors (Lipinski definition) is 1. The van der Waals surface area contributed by atoms with Gasteiger partial charge in [-0.25, -0.2) is 8.42 Å². The highest BCUT2D eigenvalue weighted by Crippen LogP contribution is 2.26. The molecular weight excluding hydrogens is 454 g/mol. The SMILES string of the molecule is COc1cc(C)c(S(=O)(=O)CCCOCC(=O)N(C)Cc2ccc(C3=NCCN3)cc2)c(C)c1. The molecule has 0 atom stereocenters. The number of methoxy groups -OCH3 is 1. The molecular formula is C25H33N3O5S. The predicted octanol–water partition coefficient (Wildman–Crippen LogP) is 2.50. The van der Waals surface area contributed by atoms with E-state index in [1.807, 2.05) is 24.3 Å². The second-order valence-corrected chi connectivity index (χ2v) is 10.5. The molecule has 9 heteroatoms. The Kier molecular flexibility index (Phi) is 8.68. The lowest BCUT2D eigenvalue weighted by molar-refractivity contribution is -0.135. The third-order valence-corrected chi connectivity index (χ3v) is 7.75. The van der Waals surface area contributed by atoms with Gasteiger partial charge in [-0.15, -0.1) is 0 Å². The molecule has 1 amide bonds. The molecule has 0 aromatic heterocycles. The first-order chi connectivity index (χ1) is 16.2. The largest absolute Gasteiger partial charge is 0.497 e. The van der Waals surface area contributed by atoms with Gasteiger partial charge in [-0.1, -0.05) is 24.3 Å². The molecule has 0 saturated heterocycles. The summed E-state index contributed by atoms with van der Waals surface area (Å²) < 4.78 is 36.3. The number of nitrogens with zero attached hydrogens (tertiary/aromatic N) is 2. The fraction of sp³-hybridized carbons (Fsp3) is 0.440. The Hall–Kier alpha value is -2.91. The van der Waals surface area contributed by atoms with Crippen LogP contribution in [-0.2, 0) is 25.9 Å². The number of aliphatic imine (C=N–C) groups is 1. The van der Waals surface area contributed by atoms with E-state index in [1.54, 1.807) is 45.0 Å². The van der Waals surface area contributed by atoms with E-state index in [1.165, 1.54) is 0 Å². The molecule has 2 aromatic carbocycles. The molecule has 3 rings (SSSR count). The third kappa shape index (κ3) is 6.57. The molecule has 0 bridgehead atoms. The van der Waals surface area contributed by atoms with Crippen molar-refractivity contribution in [2.45, 2.75) is 31.7 Å². The normalized spacial score (nSPS) is 13.4. The number of carbonyl (C=O) groups excluding carboxylic acids is 1. The van der Waals surface area contributed by atoms with Gasteiger partial charge in [0.25, 0.3) is 0 Å². The molecule has 8 nitrogen and oxygen atoms in total. The highest BCUT2D eigenvalue weighted by Gasteiger charge is 2.20. The topological polar surface area (TPSA) is 97.3 Å². The molecule has 184 valence electrons. The minimum atomic E-state index is -3.46. The van der Waals surface area contributed by atoms with Crippen LogP contribution >= 0.6 is 0 Å². The Labute approximate surface area is 201 Å². The number of benzene rings is 2. The van der Waals surface area contributed by atoms with E-state index in [0.29, 0.717) is 34.7 Å². The Morgan fingerprint density at radius 3 is 2.41 bits per heavy atom. The summed E-state index contributed by atoms with van der Waals surface area (Å²) >= 11 is 0. The molecule has 34 heavy (non-hydrogen) atoms. The van der Waals surface area contributed by atoms with Crippen LogP contribution in [0, 0.1) is 13.8 Å². The fourth-order valence-corrected chi connectivity index (χ4v) is 5.76. The van der Waals surface area contributed by atoms with E-state index in [2.05, 4.69) is 10.3 Å².